The summed E-state index contributed by atoms with van der Waals surface area (Å²) in [6.45, 7) is 2.50. The van der Waals surface area contributed by atoms with Gasteiger partial charge in [-0.2, -0.15) is 0 Å². The van der Waals surface area contributed by atoms with E-state index in [1.54, 1.807) is 23.1 Å². The molecule has 1 aliphatic rings. The van der Waals surface area contributed by atoms with Gasteiger partial charge in [0.1, 0.15) is 5.75 Å². The van der Waals surface area contributed by atoms with Crippen LogP contribution in [0.4, 0.5) is 11.4 Å². The van der Waals surface area contributed by atoms with E-state index in [-0.39, 0.29) is 23.7 Å². The topological polar surface area (TPSA) is 58.6 Å². The van der Waals surface area contributed by atoms with Crippen LogP contribution in [0.15, 0.2) is 48.5 Å². The third-order valence-electron chi connectivity index (χ3n) is 4.51. The van der Waals surface area contributed by atoms with Crippen LogP contribution < -0.4 is 15.0 Å². The highest BCUT2D eigenvalue weighted by molar-refractivity contribution is 6.32. The summed E-state index contributed by atoms with van der Waals surface area (Å²) in [5.74, 6) is -0.198. The Morgan fingerprint density at radius 3 is 2.54 bits per heavy atom. The van der Waals surface area contributed by atoms with Crippen molar-refractivity contribution in [2.45, 2.75) is 13.3 Å². The second-order valence-corrected chi connectivity index (χ2v) is 6.61. The molecule has 2 atom stereocenters. The molecule has 3 rings (SSSR count). The summed E-state index contributed by atoms with van der Waals surface area (Å²) in [5.41, 5.74) is 1.45. The first-order chi connectivity index (χ1) is 12.5. The number of amides is 2. The molecular weight excluding hydrogens is 352 g/mol. The standard InChI is InChI=1S/C20H21ClN2O3/c1-3-23(14-7-5-4-6-8-14)20(25)16-12-15(16)19(24)22-13-9-10-18(26-2)17(21)11-13/h4-11,15-16H,3,12H2,1-2H3,(H,22,24). The minimum absolute atomic E-state index is 0.00777. The molecule has 2 aromatic carbocycles. The first-order valence-corrected chi connectivity index (χ1v) is 8.93. The van der Waals surface area contributed by atoms with Crippen molar-refractivity contribution in [2.24, 2.45) is 11.8 Å². The van der Waals surface area contributed by atoms with Gasteiger partial charge in [0.15, 0.2) is 0 Å². The molecule has 0 bridgehead atoms. The van der Waals surface area contributed by atoms with E-state index in [0.717, 1.165) is 5.69 Å². The van der Waals surface area contributed by atoms with Crippen LogP contribution in [0, 0.1) is 11.8 Å². The van der Waals surface area contributed by atoms with Crippen molar-refractivity contribution >= 4 is 34.8 Å². The number of carbonyl (C=O) groups excluding carboxylic acids is 2. The van der Waals surface area contributed by atoms with Crippen molar-refractivity contribution in [1.82, 2.24) is 0 Å². The number of nitrogens with one attached hydrogen (secondary N) is 1. The van der Waals surface area contributed by atoms with Crippen LogP contribution >= 0.6 is 11.6 Å². The Hall–Kier alpha value is -2.53. The third-order valence-corrected chi connectivity index (χ3v) is 4.81. The number of hydrogen-bond donors (Lipinski definition) is 1. The minimum atomic E-state index is -0.305. The van der Waals surface area contributed by atoms with E-state index >= 15 is 0 Å². The molecule has 136 valence electrons. The fraction of sp³-hybridized carbons (Fsp3) is 0.300. The predicted molar refractivity (Wildman–Crippen MR) is 103 cm³/mol. The van der Waals surface area contributed by atoms with Gasteiger partial charge in [-0.05, 0) is 43.7 Å². The molecule has 6 heteroatoms. The van der Waals surface area contributed by atoms with Crippen molar-refractivity contribution in [1.29, 1.82) is 0 Å². The lowest BCUT2D eigenvalue weighted by atomic mass is 10.2. The zero-order valence-electron chi connectivity index (χ0n) is 14.7. The van der Waals surface area contributed by atoms with Crippen molar-refractivity contribution in [3.8, 4) is 5.75 Å². The summed E-state index contributed by atoms with van der Waals surface area (Å²) in [6, 6.07) is 14.6. The average Bonchev–Trinajstić information content (AvgIpc) is 3.44. The monoisotopic (exact) mass is 372 g/mol. The second-order valence-electron chi connectivity index (χ2n) is 6.21. The highest BCUT2D eigenvalue weighted by atomic mass is 35.5. The van der Waals surface area contributed by atoms with E-state index in [1.807, 2.05) is 37.3 Å². The van der Waals surface area contributed by atoms with Gasteiger partial charge in [0.25, 0.3) is 0 Å². The quantitative estimate of drug-likeness (QED) is 0.834. The average molecular weight is 373 g/mol. The van der Waals surface area contributed by atoms with Gasteiger partial charge in [-0.1, -0.05) is 29.8 Å². The fourth-order valence-electron chi connectivity index (χ4n) is 3.01. The Labute approximate surface area is 157 Å². The lowest BCUT2D eigenvalue weighted by Gasteiger charge is -2.21. The number of para-hydroxylation sites is 1. The Morgan fingerprint density at radius 2 is 1.92 bits per heavy atom. The molecular formula is C20H21ClN2O3. The van der Waals surface area contributed by atoms with Crippen LogP contribution in [0.1, 0.15) is 13.3 Å². The van der Waals surface area contributed by atoms with E-state index in [2.05, 4.69) is 5.32 Å². The van der Waals surface area contributed by atoms with E-state index in [4.69, 9.17) is 16.3 Å². The molecule has 2 aromatic rings. The number of methoxy groups -OCH3 is 1. The van der Waals surface area contributed by atoms with Crippen LogP contribution in [0.25, 0.3) is 0 Å². The maximum atomic E-state index is 12.8. The molecule has 2 amide bonds. The molecule has 0 heterocycles. The second kappa shape index (κ2) is 7.79. The molecule has 1 N–H and O–H groups in total. The Kier molecular flexibility index (Phi) is 5.47. The SMILES string of the molecule is CCN(C(=O)C1CC1C(=O)Nc1ccc(OC)c(Cl)c1)c1ccccc1. The molecule has 2 unspecified atom stereocenters. The van der Waals surface area contributed by atoms with Crippen LogP contribution in [0.3, 0.4) is 0 Å². The Balaban J connectivity index is 1.63. The van der Waals surface area contributed by atoms with Crippen LogP contribution in [0.5, 0.6) is 5.75 Å². The Bertz CT molecular complexity index is 810. The first kappa shape index (κ1) is 18.3. The van der Waals surface area contributed by atoms with Crippen molar-refractivity contribution in [3.63, 3.8) is 0 Å². The third kappa shape index (κ3) is 3.83. The first-order valence-electron chi connectivity index (χ1n) is 8.56. The number of rotatable bonds is 6. The summed E-state index contributed by atoms with van der Waals surface area (Å²) in [5, 5.41) is 3.25. The summed E-state index contributed by atoms with van der Waals surface area (Å²) in [4.78, 5) is 26.9. The maximum Gasteiger partial charge on any atom is 0.230 e. The molecule has 1 fully saturated rings. The summed E-state index contributed by atoms with van der Waals surface area (Å²) < 4.78 is 5.10. The number of anilines is 2. The molecule has 0 aliphatic heterocycles. The summed E-state index contributed by atoms with van der Waals surface area (Å²) in [7, 11) is 1.53. The van der Waals surface area contributed by atoms with Crippen molar-refractivity contribution in [2.75, 3.05) is 23.9 Å². The number of benzene rings is 2. The minimum Gasteiger partial charge on any atom is -0.495 e. The predicted octanol–water partition coefficient (Wildman–Crippen LogP) is 3.98. The van der Waals surface area contributed by atoms with Crippen molar-refractivity contribution in [3.05, 3.63) is 53.6 Å². The molecule has 26 heavy (non-hydrogen) atoms. The lowest BCUT2D eigenvalue weighted by molar-refractivity contribution is -0.123. The Morgan fingerprint density at radius 1 is 1.19 bits per heavy atom. The number of ether oxygens (including phenoxy) is 1. The highest BCUT2D eigenvalue weighted by Gasteiger charge is 2.49. The van der Waals surface area contributed by atoms with E-state index in [0.29, 0.717) is 29.4 Å². The number of halogens is 1. The van der Waals surface area contributed by atoms with E-state index in [9.17, 15) is 9.59 Å². The van der Waals surface area contributed by atoms with Gasteiger partial charge in [0.05, 0.1) is 24.0 Å². The zero-order chi connectivity index (χ0) is 18.7. The molecule has 0 saturated heterocycles. The fourth-order valence-corrected chi connectivity index (χ4v) is 3.27. The highest BCUT2D eigenvalue weighted by Crippen LogP contribution is 2.41. The van der Waals surface area contributed by atoms with E-state index < -0.39 is 0 Å². The molecule has 5 nitrogen and oxygen atoms in total. The molecule has 0 aromatic heterocycles. The number of nitrogens with zero attached hydrogens (tertiary/aromatic N) is 1. The smallest absolute Gasteiger partial charge is 0.230 e. The normalized spacial score (nSPS) is 18.1. The summed E-state index contributed by atoms with van der Waals surface area (Å²) in [6.07, 6.45) is 0.567. The van der Waals surface area contributed by atoms with Crippen LogP contribution in [-0.2, 0) is 9.59 Å². The molecule has 1 saturated carbocycles. The number of hydrogen-bond acceptors (Lipinski definition) is 3. The zero-order valence-corrected chi connectivity index (χ0v) is 15.5. The van der Waals surface area contributed by atoms with Crippen molar-refractivity contribution < 1.29 is 14.3 Å². The van der Waals surface area contributed by atoms with Crippen LogP contribution in [0.2, 0.25) is 5.02 Å². The van der Waals surface area contributed by atoms with Gasteiger partial charge in [-0.25, -0.2) is 0 Å². The van der Waals surface area contributed by atoms with Gasteiger partial charge in [-0.3, -0.25) is 9.59 Å². The van der Waals surface area contributed by atoms with Gasteiger partial charge in [0.2, 0.25) is 11.8 Å². The van der Waals surface area contributed by atoms with Crippen LogP contribution in [-0.4, -0.2) is 25.5 Å². The van der Waals surface area contributed by atoms with Gasteiger partial charge in [0, 0.05) is 17.9 Å². The molecule has 0 radical (unpaired) electrons. The van der Waals surface area contributed by atoms with Gasteiger partial charge in [-0.15, -0.1) is 0 Å². The molecule has 0 spiro atoms. The lowest BCUT2D eigenvalue weighted by Crippen LogP contribution is -2.33. The van der Waals surface area contributed by atoms with Gasteiger partial charge < -0.3 is 15.0 Å². The van der Waals surface area contributed by atoms with E-state index in [1.165, 1.54) is 7.11 Å². The maximum absolute atomic E-state index is 12.8. The molecule has 1 aliphatic carbocycles. The summed E-state index contributed by atoms with van der Waals surface area (Å²) >= 11 is 6.08. The number of carbonyl (C=O) groups is 2. The van der Waals surface area contributed by atoms with Gasteiger partial charge >= 0.3 is 0 Å². The largest absolute Gasteiger partial charge is 0.495 e.